The van der Waals surface area contributed by atoms with E-state index in [1.165, 1.54) is 11.8 Å². The number of amides is 2. The second kappa shape index (κ2) is 6.05. The maximum Gasteiger partial charge on any atom is 0.325 e. The van der Waals surface area contributed by atoms with Crippen LogP contribution in [0.5, 0.6) is 0 Å². The van der Waals surface area contributed by atoms with E-state index in [0.717, 1.165) is 11.1 Å². The van der Waals surface area contributed by atoms with Crippen LogP contribution in [-0.4, -0.2) is 35.1 Å². The summed E-state index contributed by atoms with van der Waals surface area (Å²) < 4.78 is 0. The van der Waals surface area contributed by atoms with Gasteiger partial charge in [0.15, 0.2) is 0 Å². The van der Waals surface area contributed by atoms with Gasteiger partial charge in [0.25, 0.3) is 0 Å². The Morgan fingerprint density at radius 1 is 1.39 bits per heavy atom. The molecule has 5 heteroatoms. The van der Waals surface area contributed by atoms with Crippen LogP contribution in [0.4, 0.5) is 4.79 Å². The number of carbonyl (C=O) groups excluding carboxylic acids is 1. The first-order valence-electron chi connectivity index (χ1n) is 5.70. The third-order valence-corrected chi connectivity index (χ3v) is 2.73. The fourth-order valence-electron chi connectivity index (χ4n) is 1.47. The molecule has 0 aliphatic heterocycles. The summed E-state index contributed by atoms with van der Waals surface area (Å²) in [5.74, 6) is -1.05. The summed E-state index contributed by atoms with van der Waals surface area (Å²) in [5, 5.41) is 11.1. The number of carboxylic acids is 1. The number of hydrogen-bond acceptors (Lipinski definition) is 2. The summed E-state index contributed by atoms with van der Waals surface area (Å²) in [6, 6.07) is 6.48. The average Bonchev–Trinajstić information content (AvgIpc) is 2.31. The second-order valence-electron chi connectivity index (χ2n) is 4.29. The molecule has 0 fully saturated rings. The Hall–Kier alpha value is -2.04. The second-order valence-corrected chi connectivity index (χ2v) is 4.29. The number of urea groups is 1. The summed E-state index contributed by atoms with van der Waals surface area (Å²) in [7, 11) is 1.64. The van der Waals surface area contributed by atoms with E-state index in [-0.39, 0.29) is 0 Å². The van der Waals surface area contributed by atoms with Gasteiger partial charge in [-0.1, -0.05) is 24.3 Å². The number of aliphatic carboxylic acids is 1. The lowest BCUT2D eigenvalue weighted by molar-refractivity contribution is -0.138. The van der Waals surface area contributed by atoms with E-state index < -0.39 is 18.0 Å². The van der Waals surface area contributed by atoms with Crippen molar-refractivity contribution in [2.45, 2.75) is 26.4 Å². The van der Waals surface area contributed by atoms with Gasteiger partial charge in [0.2, 0.25) is 0 Å². The van der Waals surface area contributed by atoms with Gasteiger partial charge in [-0.3, -0.25) is 4.79 Å². The lowest BCUT2D eigenvalue weighted by Crippen LogP contribution is -2.44. The third-order valence-electron chi connectivity index (χ3n) is 2.73. The SMILES string of the molecule is Cc1ccccc1CN(C)C(=O)NC(C)C(=O)O. The Labute approximate surface area is 106 Å². The molecule has 0 spiro atoms. The van der Waals surface area contributed by atoms with E-state index >= 15 is 0 Å². The fraction of sp³-hybridized carbons (Fsp3) is 0.385. The van der Waals surface area contributed by atoms with E-state index in [1.54, 1.807) is 7.05 Å². The van der Waals surface area contributed by atoms with E-state index in [0.29, 0.717) is 6.54 Å². The zero-order valence-corrected chi connectivity index (χ0v) is 10.8. The highest BCUT2D eigenvalue weighted by molar-refractivity contribution is 5.82. The molecule has 98 valence electrons. The lowest BCUT2D eigenvalue weighted by Gasteiger charge is -2.20. The quantitative estimate of drug-likeness (QED) is 0.853. The first-order valence-corrected chi connectivity index (χ1v) is 5.70. The molecule has 0 heterocycles. The van der Waals surface area contributed by atoms with Gasteiger partial charge < -0.3 is 15.3 Å². The number of aryl methyl sites for hydroxylation is 1. The van der Waals surface area contributed by atoms with Gasteiger partial charge in [-0.2, -0.15) is 0 Å². The summed E-state index contributed by atoms with van der Waals surface area (Å²) >= 11 is 0. The number of carboxylic acid groups (broad SMARTS) is 1. The number of nitrogens with zero attached hydrogens (tertiary/aromatic N) is 1. The fourth-order valence-corrected chi connectivity index (χ4v) is 1.47. The van der Waals surface area contributed by atoms with Crippen molar-refractivity contribution in [1.82, 2.24) is 10.2 Å². The zero-order chi connectivity index (χ0) is 13.7. The van der Waals surface area contributed by atoms with E-state index in [1.807, 2.05) is 31.2 Å². The van der Waals surface area contributed by atoms with Crippen LogP contribution in [0.25, 0.3) is 0 Å². The Morgan fingerprint density at radius 2 is 2.00 bits per heavy atom. The van der Waals surface area contributed by atoms with Gasteiger partial charge in [0.05, 0.1) is 0 Å². The van der Waals surface area contributed by atoms with Crippen LogP contribution >= 0.6 is 0 Å². The van der Waals surface area contributed by atoms with Crippen molar-refractivity contribution in [3.8, 4) is 0 Å². The molecule has 1 unspecified atom stereocenters. The standard InChI is InChI=1S/C13H18N2O3/c1-9-6-4-5-7-11(9)8-15(3)13(18)14-10(2)12(16)17/h4-7,10H,8H2,1-3H3,(H,14,18)(H,16,17). The Bertz CT molecular complexity index is 446. The van der Waals surface area contributed by atoms with Crippen LogP contribution < -0.4 is 5.32 Å². The van der Waals surface area contributed by atoms with Gasteiger partial charge in [-0.05, 0) is 25.0 Å². The summed E-state index contributed by atoms with van der Waals surface area (Å²) in [6.07, 6.45) is 0. The highest BCUT2D eigenvalue weighted by atomic mass is 16.4. The van der Waals surface area contributed by atoms with Crippen LogP contribution in [-0.2, 0) is 11.3 Å². The minimum atomic E-state index is -1.05. The third kappa shape index (κ3) is 3.76. The normalized spacial score (nSPS) is 11.7. The molecule has 0 radical (unpaired) electrons. The molecule has 18 heavy (non-hydrogen) atoms. The van der Waals surface area contributed by atoms with E-state index in [9.17, 15) is 9.59 Å². The molecule has 1 atom stereocenters. The zero-order valence-electron chi connectivity index (χ0n) is 10.8. The van der Waals surface area contributed by atoms with Gasteiger partial charge >= 0.3 is 12.0 Å². The van der Waals surface area contributed by atoms with Crippen molar-refractivity contribution >= 4 is 12.0 Å². The Morgan fingerprint density at radius 3 is 2.56 bits per heavy atom. The van der Waals surface area contributed by atoms with E-state index in [2.05, 4.69) is 5.32 Å². The van der Waals surface area contributed by atoms with Gasteiger partial charge in [0, 0.05) is 13.6 Å². The van der Waals surface area contributed by atoms with Crippen molar-refractivity contribution in [2.24, 2.45) is 0 Å². The topological polar surface area (TPSA) is 69.6 Å². The monoisotopic (exact) mass is 250 g/mol. The number of hydrogen-bond donors (Lipinski definition) is 2. The Balaban J connectivity index is 2.60. The van der Waals surface area contributed by atoms with E-state index in [4.69, 9.17) is 5.11 Å². The van der Waals surface area contributed by atoms with Crippen molar-refractivity contribution in [1.29, 1.82) is 0 Å². The van der Waals surface area contributed by atoms with Crippen LogP contribution in [0.3, 0.4) is 0 Å². The van der Waals surface area contributed by atoms with Crippen molar-refractivity contribution < 1.29 is 14.7 Å². The predicted molar refractivity (Wildman–Crippen MR) is 68.3 cm³/mol. The maximum atomic E-state index is 11.7. The van der Waals surface area contributed by atoms with Crippen LogP contribution in [0.1, 0.15) is 18.1 Å². The maximum absolute atomic E-state index is 11.7. The molecule has 1 aromatic carbocycles. The minimum absolute atomic E-state index is 0.395. The van der Waals surface area contributed by atoms with Gasteiger partial charge in [0.1, 0.15) is 6.04 Å². The Kier molecular flexibility index (Phi) is 4.71. The van der Waals surface area contributed by atoms with Crippen molar-refractivity contribution in [2.75, 3.05) is 7.05 Å². The molecule has 0 saturated carbocycles. The molecule has 1 rings (SSSR count). The number of nitrogens with one attached hydrogen (secondary N) is 1. The minimum Gasteiger partial charge on any atom is -0.480 e. The molecule has 0 bridgehead atoms. The molecule has 0 saturated heterocycles. The molecule has 2 amide bonds. The van der Waals surface area contributed by atoms with Crippen molar-refractivity contribution in [3.63, 3.8) is 0 Å². The highest BCUT2D eigenvalue weighted by Gasteiger charge is 2.17. The molecular weight excluding hydrogens is 232 g/mol. The number of benzene rings is 1. The summed E-state index contributed by atoms with van der Waals surface area (Å²) in [6.45, 7) is 3.85. The highest BCUT2D eigenvalue weighted by Crippen LogP contribution is 2.09. The largest absolute Gasteiger partial charge is 0.480 e. The molecule has 0 aliphatic rings. The smallest absolute Gasteiger partial charge is 0.325 e. The molecule has 0 aliphatic carbocycles. The predicted octanol–water partition coefficient (Wildman–Crippen LogP) is 1.61. The molecular formula is C13H18N2O3. The van der Waals surface area contributed by atoms with Crippen LogP contribution in [0.15, 0.2) is 24.3 Å². The first-order chi connectivity index (χ1) is 8.41. The van der Waals surface area contributed by atoms with Crippen molar-refractivity contribution in [3.05, 3.63) is 35.4 Å². The molecule has 1 aromatic rings. The van der Waals surface area contributed by atoms with Gasteiger partial charge in [-0.15, -0.1) is 0 Å². The summed E-state index contributed by atoms with van der Waals surface area (Å²) in [4.78, 5) is 23.8. The molecule has 2 N–H and O–H groups in total. The number of rotatable bonds is 4. The molecule has 5 nitrogen and oxygen atoms in total. The summed E-state index contributed by atoms with van der Waals surface area (Å²) in [5.41, 5.74) is 2.14. The molecule has 0 aromatic heterocycles. The number of carbonyl (C=O) groups is 2. The lowest BCUT2D eigenvalue weighted by atomic mass is 10.1. The average molecular weight is 250 g/mol. The van der Waals surface area contributed by atoms with Crippen LogP contribution in [0, 0.1) is 6.92 Å². The first kappa shape index (κ1) is 14.0. The van der Waals surface area contributed by atoms with Crippen LogP contribution in [0.2, 0.25) is 0 Å². The van der Waals surface area contributed by atoms with Gasteiger partial charge in [-0.25, -0.2) is 4.79 Å².